The Morgan fingerprint density at radius 1 is 1.04 bits per heavy atom. The first kappa shape index (κ1) is 17.7. The first-order valence-electron chi connectivity index (χ1n) is 8.82. The molecule has 2 heterocycles. The van der Waals surface area contributed by atoms with Gasteiger partial charge >= 0.3 is 6.09 Å². The van der Waals surface area contributed by atoms with Crippen LogP contribution in [0.3, 0.4) is 0 Å². The highest BCUT2D eigenvalue weighted by atomic mass is 19.1. The van der Waals surface area contributed by atoms with Gasteiger partial charge < -0.3 is 10.1 Å². The Bertz CT molecular complexity index is 1070. The predicted octanol–water partition coefficient (Wildman–Crippen LogP) is 4.32. The molecule has 1 aliphatic heterocycles. The number of rotatable bonds is 2. The van der Waals surface area contributed by atoms with Gasteiger partial charge in [-0.3, -0.25) is 4.98 Å². The molecule has 2 atom stereocenters. The van der Waals surface area contributed by atoms with Gasteiger partial charge in [0, 0.05) is 23.5 Å². The zero-order chi connectivity index (χ0) is 19.6. The van der Waals surface area contributed by atoms with Crippen LogP contribution in [-0.4, -0.2) is 11.1 Å². The largest absolute Gasteiger partial charge is 0.436 e. The van der Waals surface area contributed by atoms with Gasteiger partial charge in [-0.1, -0.05) is 42.2 Å². The summed E-state index contributed by atoms with van der Waals surface area (Å²) < 4.78 is 18.9. The van der Waals surface area contributed by atoms with Gasteiger partial charge in [-0.25, -0.2) is 9.18 Å². The summed E-state index contributed by atoms with van der Waals surface area (Å²) in [7, 11) is 0. The van der Waals surface area contributed by atoms with E-state index in [0.29, 0.717) is 5.56 Å². The first-order chi connectivity index (χ1) is 13.5. The zero-order valence-corrected chi connectivity index (χ0v) is 15.1. The number of hydrogen-bond donors (Lipinski definition) is 1. The third-order valence-electron chi connectivity index (χ3n) is 4.75. The molecule has 3 aromatic rings. The lowest BCUT2D eigenvalue weighted by atomic mass is 9.85. The van der Waals surface area contributed by atoms with E-state index in [2.05, 4.69) is 22.1 Å². The van der Waals surface area contributed by atoms with Gasteiger partial charge in [0.25, 0.3) is 0 Å². The third-order valence-corrected chi connectivity index (χ3v) is 4.75. The average Bonchev–Trinajstić information content (AvgIpc) is 3.03. The van der Waals surface area contributed by atoms with Crippen LogP contribution in [0.1, 0.15) is 35.2 Å². The molecule has 1 amide bonds. The van der Waals surface area contributed by atoms with Gasteiger partial charge in [0.1, 0.15) is 11.9 Å². The van der Waals surface area contributed by atoms with E-state index in [1.807, 2.05) is 36.4 Å². The van der Waals surface area contributed by atoms with Gasteiger partial charge in [0.2, 0.25) is 0 Å². The number of aromatic nitrogens is 1. The van der Waals surface area contributed by atoms with Crippen LogP contribution in [0.4, 0.5) is 9.18 Å². The van der Waals surface area contributed by atoms with E-state index < -0.39 is 17.7 Å². The number of hydrogen-bond acceptors (Lipinski definition) is 3. The maximum Gasteiger partial charge on any atom is 0.408 e. The van der Waals surface area contributed by atoms with E-state index in [-0.39, 0.29) is 5.82 Å². The van der Waals surface area contributed by atoms with E-state index in [0.717, 1.165) is 16.7 Å². The molecule has 2 aromatic carbocycles. The Kier molecular flexibility index (Phi) is 4.54. The minimum absolute atomic E-state index is 0.346. The van der Waals surface area contributed by atoms with Crippen molar-refractivity contribution in [1.29, 1.82) is 0 Å². The zero-order valence-electron chi connectivity index (χ0n) is 15.1. The third kappa shape index (κ3) is 3.45. The van der Waals surface area contributed by atoms with Gasteiger partial charge in [-0.15, -0.1) is 0 Å². The van der Waals surface area contributed by atoms with Crippen LogP contribution in [-0.2, 0) is 10.3 Å². The summed E-state index contributed by atoms with van der Waals surface area (Å²) >= 11 is 0. The van der Waals surface area contributed by atoms with Crippen LogP contribution in [0.5, 0.6) is 0 Å². The molecule has 0 bridgehead atoms. The molecule has 1 fully saturated rings. The summed E-state index contributed by atoms with van der Waals surface area (Å²) in [5, 5.41) is 2.83. The second-order valence-electron chi connectivity index (χ2n) is 6.70. The summed E-state index contributed by atoms with van der Waals surface area (Å²) in [5.41, 5.74) is 2.10. The van der Waals surface area contributed by atoms with E-state index in [9.17, 15) is 9.18 Å². The van der Waals surface area contributed by atoms with Crippen molar-refractivity contribution < 1.29 is 13.9 Å². The Labute approximate surface area is 162 Å². The van der Waals surface area contributed by atoms with E-state index >= 15 is 0 Å². The Balaban J connectivity index is 1.68. The van der Waals surface area contributed by atoms with Gasteiger partial charge in [0.15, 0.2) is 5.60 Å². The highest BCUT2D eigenvalue weighted by molar-refractivity contribution is 5.72. The van der Waals surface area contributed by atoms with E-state index in [1.165, 1.54) is 12.1 Å². The maximum absolute atomic E-state index is 13.3. The molecular weight excluding hydrogens is 355 g/mol. The minimum atomic E-state index is -0.988. The molecule has 0 unspecified atom stereocenters. The SMILES string of the molecule is C[C@@]1(c2ccc(F)cc2)OC(=O)N[C@H]1c1cncc(C#Cc2ccccc2)c1. The summed E-state index contributed by atoms with van der Waals surface area (Å²) in [6.45, 7) is 1.80. The molecule has 1 aromatic heterocycles. The molecule has 4 rings (SSSR count). The maximum atomic E-state index is 13.3. The number of amides is 1. The normalized spacial score (nSPS) is 20.6. The van der Waals surface area contributed by atoms with Crippen LogP contribution >= 0.6 is 0 Å². The van der Waals surface area contributed by atoms with Crippen molar-refractivity contribution in [2.45, 2.75) is 18.6 Å². The molecule has 0 radical (unpaired) electrons. The van der Waals surface area contributed by atoms with Crippen molar-refractivity contribution in [1.82, 2.24) is 10.3 Å². The highest BCUT2D eigenvalue weighted by Crippen LogP contribution is 2.42. The van der Waals surface area contributed by atoms with Gasteiger partial charge in [0.05, 0.1) is 0 Å². The second kappa shape index (κ2) is 7.16. The van der Waals surface area contributed by atoms with Crippen LogP contribution in [0.25, 0.3) is 0 Å². The quantitative estimate of drug-likeness (QED) is 0.682. The molecule has 138 valence electrons. The number of cyclic esters (lactones) is 1. The Hall–Kier alpha value is -3.65. The summed E-state index contributed by atoms with van der Waals surface area (Å²) in [6.07, 6.45) is 2.82. The summed E-state index contributed by atoms with van der Waals surface area (Å²) in [4.78, 5) is 16.3. The van der Waals surface area contributed by atoms with Crippen molar-refractivity contribution >= 4 is 6.09 Å². The number of nitrogens with one attached hydrogen (secondary N) is 1. The first-order valence-corrected chi connectivity index (χ1v) is 8.82. The second-order valence-corrected chi connectivity index (χ2v) is 6.70. The van der Waals surface area contributed by atoms with Crippen LogP contribution in [0.15, 0.2) is 73.1 Å². The molecule has 1 saturated heterocycles. The Morgan fingerprint density at radius 2 is 1.75 bits per heavy atom. The summed E-state index contributed by atoms with van der Waals surface area (Å²) in [5.74, 6) is 5.84. The predicted molar refractivity (Wildman–Crippen MR) is 103 cm³/mol. The standard InChI is InChI=1S/C23H17FN2O2/c1-23(19-9-11-20(24)12-10-19)21(26-22(27)28-23)18-13-17(14-25-15-18)8-7-16-5-3-2-4-6-16/h2-6,9-15,21H,1H3,(H,26,27)/t21-,23-/m0/s1. The average molecular weight is 372 g/mol. The number of halogens is 1. The van der Waals surface area contributed by atoms with Crippen molar-refractivity contribution in [3.05, 3.63) is 101 Å². The summed E-state index contributed by atoms with van der Waals surface area (Å²) in [6, 6.07) is 17.0. The fourth-order valence-corrected chi connectivity index (χ4v) is 3.29. The Morgan fingerprint density at radius 3 is 2.50 bits per heavy atom. The van der Waals surface area contributed by atoms with Crippen molar-refractivity contribution in [3.63, 3.8) is 0 Å². The molecule has 1 N–H and O–H groups in total. The number of ether oxygens (including phenoxy) is 1. The van der Waals surface area contributed by atoms with Gasteiger partial charge in [-0.05, 0) is 48.4 Å². The van der Waals surface area contributed by atoms with Crippen molar-refractivity contribution in [3.8, 4) is 11.8 Å². The topological polar surface area (TPSA) is 51.2 Å². The van der Waals surface area contributed by atoms with Gasteiger partial charge in [-0.2, -0.15) is 0 Å². The van der Waals surface area contributed by atoms with Crippen molar-refractivity contribution in [2.75, 3.05) is 0 Å². The highest BCUT2D eigenvalue weighted by Gasteiger charge is 2.47. The number of pyridine rings is 1. The molecular formula is C23H17FN2O2. The number of benzene rings is 2. The fraction of sp³-hybridized carbons (Fsp3) is 0.130. The monoisotopic (exact) mass is 372 g/mol. The minimum Gasteiger partial charge on any atom is -0.436 e. The lowest BCUT2D eigenvalue weighted by molar-refractivity contribution is 0.0493. The molecule has 5 heteroatoms. The molecule has 4 nitrogen and oxygen atoms in total. The number of carbonyl (C=O) groups is 1. The van der Waals surface area contributed by atoms with Crippen molar-refractivity contribution in [2.24, 2.45) is 0 Å². The van der Waals surface area contributed by atoms with Crippen LogP contribution < -0.4 is 5.32 Å². The smallest absolute Gasteiger partial charge is 0.408 e. The lowest BCUT2D eigenvalue weighted by Gasteiger charge is -2.29. The molecule has 0 aliphatic carbocycles. The molecule has 0 saturated carbocycles. The molecule has 1 aliphatic rings. The van der Waals surface area contributed by atoms with E-state index in [4.69, 9.17) is 4.74 Å². The lowest BCUT2D eigenvalue weighted by Crippen LogP contribution is -2.31. The van der Waals surface area contributed by atoms with E-state index in [1.54, 1.807) is 31.5 Å². The van der Waals surface area contributed by atoms with Crippen LogP contribution in [0, 0.1) is 17.7 Å². The molecule has 28 heavy (non-hydrogen) atoms. The number of nitrogens with zero attached hydrogens (tertiary/aromatic N) is 1. The molecule has 0 spiro atoms. The number of carbonyl (C=O) groups excluding carboxylic acids is 1. The fourth-order valence-electron chi connectivity index (χ4n) is 3.29. The van der Waals surface area contributed by atoms with Crippen LogP contribution in [0.2, 0.25) is 0 Å². The number of alkyl carbamates (subject to hydrolysis) is 1.